The number of carbonyl (C=O) groups excluding carboxylic acids is 3. The molecule has 3 atom stereocenters. The first-order valence-electron chi connectivity index (χ1n) is 13.1. The normalized spacial score (nSPS) is 17.2. The number of nitrogens with zero attached hydrogens (tertiary/aromatic N) is 3. The molecule has 1 fully saturated rings. The average Bonchev–Trinajstić information content (AvgIpc) is 3.31. The molecule has 3 N–H and O–H groups in total. The summed E-state index contributed by atoms with van der Waals surface area (Å²) in [4.78, 5) is 44.7. The number of rotatable bonds is 11. The fraction of sp³-hybridized carbons (Fsp3) is 0.483. The van der Waals surface area contributed by atoms with Crippen molar-refractivity contribution in [1.29, 1.82) is 0 Å². The maximum atomic E-state index is 13.3. The molecule has 8 heteroatoms. The van der Waals surface area contributed by atoms with Gasteiger partial charge in [-0.05, 0) is 63.0 Å². The van der Waals surface area contributed by atoms with Crippen molar-refractivity contribution in [1.82, 2.24) is 20.0 Å². The van der Waals surface area contributed by atoms with Crippen LogP contribution in [-0.4, -0.2) is 85.3 Å². The van der Waals surface area contributed by atoms with Gasteiger partial charge in [0.25, 0.3) is 5.91 Å². The van der Waals surface area contributed by atoms with Gasteiger partial charge in [0, 0.05) is 44.7 Å². The second-order valence-electron chi connectivity index (χ2n) is 10.1. The Balaban J connectivity index is 1.66. The molecule has 0 saturated carbocycles. The van der Waals surface area contributed by atoms with Crippen LogP contribution in [0.3, 0.4) is 0 Å². The van der Waals surface area contributed by atoms with Crippen molar-refractivity contribution in [3.05, 3.63) is 71.3 Å². The zero-order valence-electron chi connectivity index (χ0n) is 22.5. The Kier molecular flexibility index (Phi) is 10.2. The quantitative estimate of drug-likeness (QED) is 0.487. The number of hydrogen-bond donors (Lipinski definition) is 2. The smallest absolute Gasteiger partial charge is 0.254 e. The zero-order chi connectivity index (χ0) is 26.9. The van der Waals surface area contributed by atoms with E-state index >= 15 is 0 Å². The molecule has 1 heterocycles. The van der Waals surface area contributed by atoms with E-state index in [0.29, 0.717) is 24.6 Å². The Labute approximate surface area is 220 Å². The molecule has 0 aliphatic carbocycles. The summed E-state index contributed by atoms with van der Waals surface area (Å²) in [6, 6.07) is 16.4. The number of benzene rings is 2. The number of nitrogens with one attached hydrogen (secondary N) is 1. The topological polar surface area (TPSA) is 99.0 Å². The highest BCUT2D eigenvalue weighted by molar-refractivity contribution is 5.97. The predicted molar refractivity (Wildman–Crippen MR) is 146 cm³/mol. The molecule has 8 nitrogen and oxygen atoms in total. The Hall–Kier alpha value is -3.23. The van der Waals surface area contributed by atoms with Gasteiger partial charge >= 0.3 is 0 Å². The first kappa shape index (κ1) is 28.3. The van der Waals surface area contributed by atoms with E-state index in [2.05, 4.69) is 17.3 Å². The molecule has 200 valence electrons. The lowest BCUT2D eigenvalue weighted by molar-refractivity contribution is -0.139. The summed E-state index contributed by atoms with van der Waals surface area (Å²) in [5.74, 6) is -0.751. The van der Waals surface area contributed by atoms with E-state index in [1.165, 1.54) is 16.2 Å². The molecule has 2 aromatic rings. The summed E-state index contributed by atoms with van der Waals surface area (Å²) in [6.07, 6.45) is 3.61. The van der Waals surface area contributed by atoms with Gasteiger partial charge < -0.3 is 25.8 Å². The van der Waals surface area contributed by atoms with Gasteiger partial charge in [0.2, 0.25) is 11.8 Å². The fourth-order valence-electron chi connectivity index (χ4n) is 4.80. The summed E-state index contributed by atoms with van der Waals surface area (Å²) in [6.45, 7) is 3.38. The van der Waals surface area contributed by atoms with Crippen LogP contribution < -0.4 is 11.1 Å². The molecular weight excluding hydrogens is 466 g/mol. The number of hydrogen-bond acceptors (Lipinski definition) is 5. The minimum Gasteiger partial charge on any atom is -0.354 e. The van der Waals surface area contributed by atoms with Crippen molar-refractivity contribution in [2.45, 2.75) is 50.7 Å². The molecule has 1 saturated heterocycles. The monoisotopic (exact) mass is 507 g/mol. The number of likely N-dealkylation sites (tertiary alicyclic amines) is 1. The number of amides is 3. The largest absolute Gasteiger partial charge is 0.354 e. The van der Waals surface area contributed by atoms with Gasteiger partial charge in [-0.2, -0.15) is 0 Å². The molecule has 3 amide bonds. The van der Waals surface area contributed by atoms with Gasteiger partial charge in [0.1, 0.15) is 6.04 Å². The van der Waals surface area contributed by atoms with E-state index in [1.807, 2.05) is 43.3 Å². The van der Waals surface area contributed by atoms with Crippen LogP contribution in [0.25, 0.3) is 0 Å². The number of carbonyl (C=O) groups is 3. The van der Waals surface area contributed by atoms with E-state index in [-0.39, 0.29) is 30.3 Å². The van der Waals surface area contributed by atoms with Gasteiger partial charge in [0.05, 0.1) is 6.54 Å². The minimum atomic E-state index is -0.680. The van der Waals surface area contributed by atoms with Gasteiger partial charge in [-0.25, -0.2) is 0 Å². The van der Waals surface area contributed by atoms with Gasteiger partial charge in [-0.1, -0.05) is 42.5 Å². The lowest BCUT2D eigenvalue weighted by Gasteiger charge is -2.29. The lowest BCUT2D eigenvalue weighted by Crippen LogP contribution is -2.52. The van der Waals surface area contributed by atoms with E-state index in [0.717, 1.165) is 30.5 Å². The van der Waals surface area contributed by atoms with Crippen molar-refractivity contribution < 1.29 is 14.4 Å². The van der Waals surface area contributed by atoms with Gasteiger partial charge in [0.15, 0.2) is 0 Å². The molecule has 2 aromatic carbocycles. The van der Waals surface area contributed by atoms with Crippen molar-refractivity contribution in [3.8, 4) is 0 Å². The van der Waals surface area contributed by atoms with Crippen molar-refractivity contribution in [2.24, 2.45) is 5.73 Å². The van der Waals surface area contributed by atoms with Crippen LogP contribution in [0.5, 0.6) is 0 Å². The Morgan fingerprint density at radius 3 is 2.49 bits per heavy atom. The first-order valence-corrected chi connectivity index (χ1v) is 13.1. The average molecular weight is 508 g/mol. The first-order chi connectivity index (χ1) is 17.7. The summed E-state index contributed by atoms with van der Waals surface area (Å²) in [7, 11) is 5.35. The van der Waals surface area contributed by atoms with Crippen LogP contribution in [0.15, 0.2) is 54.6 Å². The molecule has 0 aromatic heterocycles. The van der Waals surface area contributed by atoms with Crippen LogP contribution in [0.1, 0.15) is 53.7 Å². The molecule has 0 radical (unpaired) electrons. The minimum absolute atomic E-state index is 0.136. The highest BCUT2D eigenvalue weighted by atomic mass is 16.2. The second-order valence-corrected chi connectivity index (χ2v) is 10.1. The summed E-state index contributed by atoms with van der Waals surface area (Å²) >= 11 is 0. The van der Waals surface area contributed by atoms with Crippen LogP contribution >= 0.6 is 0 Å². The Morgan fingerprint density at radius 2 is 1.84 bits per heavy atom. The maximum absolute atomic E-state index is 13.3. The molecular formula is C29H41N5O3. The molecule has 1 aliphatic heterocycles. The fourth-order valence-corrected chi connectivity index (χ4v) is 4.80. The van der Waals surface area contributed by atoms with Crippen LogP contribution in [-0.2, 0) is 16.0 Å². The third-order valence-electron chi connectivity index (χ3n) is 7.26. The SMILES string of the molecule is CC(N)c1cccc(C(=O)N(C)CC(=O)N(C)C(Cc2ccccc2)C(=O)NCCC2CCCN2C)c1. The molecule has 37 heavy (non-hydrogen) atoms. The number of likely N-dealkylation sites (N-methyl/N-ethyl adjacent to an activating group) is 2. The third-order valence-corrected chi connectivity index (χ3v) is 7.26. The molecule has 1 aliphatic rings. The van der Waals surface area contributed by atoms with Gasteiger partial charge in [-0.15, -0.1) is 0 Å². The van der Waals surface area contributed by atoms with E-state index in [9.17, 15) is 14.4 Å². The standard InChI is InChI=1S/C29H41N5O3/c1-21(30)23-12-8-13-24(19-23)29(37)33(3)20-27(35)34(4)26(18-22-10-6-5-7-11-22)28(36)31-16-15-25-14-9-17-32(25)2/h5-8,10-13,19,21,25-26H,9,14-18,20,30H2,1-4H3,(H,31,36). The molecule has 3 unspecified atom stereocenters. The van der Waals surface area contributed by atoms with E-state index < -0.39 is 6.04 Å². The van der Waals surface area contributed by atoms with Crippen LogP contribution in [0.4, 0.5) is 0 Å². The highest BCUT2D eigenvalue weighted by Gasteiger charge is 2.29. The van der Waals surface area contributed by atoms with E-state index in [4.69, 9.17) is 5.73 Å². The maximum Gasteiger partial charge on any atom is 0.254 e. The molecule has 3 rings (SSSR count). The van der Waals surface area contributed by atoms with E-state index in [1.54, 1.807) is 32.3 Å². The van der Waals surface area contributed by atoms with Crippen molar-refractivity contribution in [3.63, 3.8) is 0 Å². The lowest BCUT2D eigenvalue weighted by atomic mass is 10.0. The molecule has 0 spiro atoms. The summed E-state index contributed by atoms with van der Waals surface area (Å²) in [5, 5.41) is 3.05. The van der Waals surface area contributed by atoms with Crippen molar-refractivity contribution in [2.75, 3.05) is 40.8 Å². The van der Waals surface area contributed by atoms with Gasteiger partial charge in [-0.3, -0.25) is 14.4 Å². The predicted octanol–water partition coefficient (Wildman–Crippen LogP) is 2.45. The van der Waals surface area contributed by atoms with Crippen molar-refractivity contribution >= 4 is 17.7 Å². The van der Waals surface area contributed by atoms with Crippen LogP contribution in [0.2, 0.25) is 0 Å². The highest BCUT2D eigenvalue weighted by Crippen LogP contribution is 2.17. The Morgan fingerprint density at radius 1 is 1.11 bits per heavy atom. The Bertz CT molecular complexity index is 1060. The zero-order valence-corrected chi connectivity index (χ0v) is 22.5. The summed E-state index contributed by atoms with van der Waals surface area (Å²) in [5.41, 5.74) is 8.25. The number of nitrogens with two attached hydrogens (primary N) is 1. The van der Waals surface area contributed by atoms with Crippen LogP contribution in [0, 0.1) is 0 Å². The second kappa shape index (κ2) is 13.4. The third kappa shape index (κ3) is 7.87. The summed E-state index contributed by atoms with van der Waals surface area (Å²) < 4.78 is 0. The molecule has 0 bridgehead atoms.